The molecule has 0 aromatic heterocycles. The van der Waals surface area contributed by atoms with Gasteiger partial charge in [-0.15, -0.1) is 0 Å². The molecule has 0 fully saturated rings. The van der Waals surface area contributed by atoms with E-state index in [-0.39, 0.29) is 24.0 Å². The molecule has 3 nitrogen and oxygen atoms in total. The Morgan fingerprint density at radius 2 is 1.89 bits per heavy atom. The molecule has 1 atom stereocenters. The molecule has 1 aromatic carbocycles. The highest BCUT2D eigenvalue weighted by Gasteiger charge is 2.19. The largest absolute Gasteiger partial charge is 0.394 e. The van der Waals surface area contributed by atoms with Crippen LogP contribution in [0.3, 0.4) is 0 Å². The highest BCUT2D eigenvalue weighted by atomic mass is 16.3. The van der Waals surface area contributed by atoms with Gasteiger partial charge in [0.25, 0.3) is 0 Å². The third-order valence-corrected chi connectivity index (χ3v) is 2.93. The first-order valence-electron chi connectivity index (χ1n) is 6.85. The molecule has 106 valence electrons. The second-order valence-electron chi connectivity index (χ2n) is 6.20. The molecule has 0 radical (unpaired) electrons. The lowest BCUT2D eigenvalue weighted by atomic mass is 9.88. The van der Waals surface area contributed by atoms with Crippen molar-refractivity contribution in [3.05, 3.63) is 35.9 Å². The number of carbonyl (C=O) groups is 1. The van der Waals surface area contributed by atoms with Gasteiger partial charge in [0.2, 0.25) is 5.91 Å². The molecule has 1 aromatic rings. The van der Waals surface area contributed by atoms with E-state index in [1.165, 1.54) is 0 Å². The number of hydrogen-bond acceptors (Lipinski definition) is 2. The lowest BCUT2D eigenvalue weighted by Crippen LogP contribution is -2.40. The summed E-state index contributed by atoms with van der Waals surface area (Å²) in [5, 5.41) is 12.2. The maximum absolute atomic E-state index is 11.8. The molecular weight excluding hydrogens is 238 g/mol. The number of benzene rings is 1. The van der Waals surface area contributed by atoms with Gasteiger partial charge in [0.15, 0.2) is 0 Å². The van der Waals surface area contributed by atoms with Gasteiger partial charge < -0.3 is 10.4 Å². The summed E-state index contributed by atoms with van der Waals surface area (Å²) in [6.07, 6.45) is 1.98. The highest BCUT2D eigenvalue weighted by Crippen LogP contribution is 2.20. The zero-order valence-electron chi connectivity index (χ0n) is 12.1. The zero-order valence-corrected chi connectivity index (χ0v) is 12.1. The van der Waals surface area contributed by atoms with Crippen LogP contribution < -0.4 is 5.32 Å². The van der Waals surface area contributed by atoms with Gasteiger partial charge in [-0.25, -0.2) is 0 Å². The fraction of sp³-hybridized carbons (Fsp3) is 0.562. The maximum Gasteiger partial charge on any atom is 0.220 e. The van der Waals surface area contributed by atoms with E-state index in [1.54, 1.807) is 0 Å². The lowest BCUT2D eigenvalue weighted by molar-refractivity contribution is -0.122. The fourth-order valence-corrected chi connectivity index (χ4v) is 2.10. The Kier molecular flexibility index (Phi) is 6.03. The number of amides is 1. The predicted molar refractivity (Wildman–Crippen MR) is 77.9 cm³/mol. The molecule has 1 amide bonds. The van der Waals surface area contributed by atoms with Crippen LogP contribution in [0.1, 0.15) is 39.2 Å². The molecule has 0 bridgehead atoms. The molecule has 0 saturated carbocycles. The maximum atomic E-state index is 11.8. The van der Waals surface area contributed by atoms with Gasteiger partial charge in [-0.05, 0) is 23.8 Å². The number of aryl methyl sites for hydroxylation is 1. The van der Waals surface area contributed by atoms with E-state index in [0.29, 0.717) is 6.42 Å². The van der Waals surface area contributed by atoms with E-state index in [1.807, 2.05) is 30.3 Å². The monoisotopic (exact) mass is 263 g/mol. The summed E-state index contributed by atoms with van der Waals surface area (Å²) in [5.74, 6) is 0.00662. The first-order valence-corrected chi connectivity index (χ1v) is 6.85. The molecule has 0 aliphatic carbocycles. The van der Waals surface area contributed by atoms with Gasteiger partial charge in [-0.2, -0.15) is 0 Å². The number of rotatable bonds is 6. The van der Waals surface area contributed by atoms with Crippen molar-refractivity contribution in [2.45, 2.75) is 46.1 Å². The molecule has 0 aliphatic heterocycles. The van der Waals surface area contributed by atoms with Crippen LogP contribution in [-0.4, -0.2) is 23.7 Å². The molecule has 2 N–H and O–H groups in total. The number of aliphatic hydroxyl groups is 1. The van der Waals surface area contributed by atoms with Crippen LogP contribution in [0.25, 0.3) is 0 Å². The fourth-order valence-electron chi connectivity index (χ4n) is 2.10. The van der Waals surface area contributed by atoms with Crippen LogP contribution in [-0.2, 0) is 11.2 Å². The average molecular weight is 263 g/mol. The Morgan fingerprint density at radius 1 is 1.26 bits per heavy atom. The number of carbonyl (C=O) groups excluding carboxylic acids is 1. The first kappa shape index (κ1) is 15.7. The van der Waals surface area contributed by atoms with Crippen LogP contribution in [0.5, 0.6) is 0 Å². The minimum absolute atomic E-state index is 0.00561. The SMILES string of the molecule is CC(C)(C)CC(CO)NC(=O)CCc1ccccc1. The summed E-state index contributed by atoms with van der Waals surface area (Å²) in [6, 6.07) is 9.81. The Bertz CT molecular complexity index is 381. The number of nitrogens with one attached hydrogen (secondary N) is 1. The second-order valence-corrected chi connectivity index (χ2v) is 6.20. The zero-order chi connectivity index (χ0) is 14.3. The van der Waals surface area contributed by atoms with Crippen molar-refractivity contribution in [3.8, 4) is 0 Å². The molecule has 0 spiro atoms. The Hall–Kier alpha value is -1.35. The van der Waals surface area contributed by atoms with Crippen LogP contribution in [0, 0.1) is 5.41 Å². The smallest absolute Gasteiger partial charge is 0.220 e. The van der Waals surface area contributed by atoms with Crippen molar-refractivity contribution in [1.29, 1.82) is 0 Å². The van der Waals surface area contributed by atoms with Gasteiger partial charge in [-0.3, -0.25) is 4.79 Å². The second kappa shape index (κ2) is 7.29. The molecular formula is C16H25NO2. The topological polar surface area (TPSA) is 49.3 Å². The van der Waals surface area contributed by atoms with Gasteiger partial charge in [0.1, 0.15) is 0 Å². The van der Waals surface area contributed by atoms with Gasteiger partial charge in [-0.1, -0.05) is 51.1 Å². The molecule has 3 heteroatoms. The number of hydrogen-bond donors (Lipinski definition) is 2. The summed E-state index contributed by atoms with van der Waals surface area (Å²) in [7, 11) is 0. The lowest BCUT2D eigenvalue weighted by Gasteiger charge is -2.25. The molecule has 1 rings (SSSR count). The summed E-state index contributed by atoms with van der Waals surface area (Å²) in [6.45, 7) is 6.30. The van der Waals surface area contributed by atoms with E-state index < -0.39 is 0 Å². The van der Waals surface area contributed by atoms with Crippen LogP contribution in [0.15, 0.2) is 30.3 Å². The molecule has 0 aliphatic rings. The van der Waals surface area contributed by atoms with Crippen molar-refractivity contribution in [2.75, 3.05) is 6.61 Å². The summed E-state index contributed by atoms with van der Waals surface area (Å²) < 4.78 is 0. The quantitative estimate of drug-likeness (QED) is 0.828. The van der Waals surface area contributed by atoms with Crippen molar-refractivity contribution < 1.29 is 9.90 Å². The average Bonchev–Trinajstić information content (AvgIpc) is 2.35. The predicted octanol–water partition coefficient (Wildman–Crippen LogP) is 2.53. The summed E-state index contributed by atoms with van der Waals surface area (Å²) in [4.78, 5) is 11.8. The highest BCUT2D eigenvalue weighted by molar-refractivity contribution is 5.76. The van der Waals surface area contributed by atoms with Crippen LogP contribution in [0.4, 0.5) is 0 Å². The standard InChI is InChI=1S/C16H25NO2/c1-16(2,3)11-14(12-18)17-15(19)10-9-13-7-5-4-6-8-13/h4-8,14,18H,9-12H2,1-3H3,(H,17,19). The van der Waals surface area contributed by atoms with Crippen LogP contribution in [0.2, 0.25) is 0 Å². The third kappa shape index (κ3) is 6.97. The molecule has 1 unspecified atom stereocenters. The van der Waals surface area contributed by atoms with E-state index in [2.05, 4.69) is 26.1 Å². The Balaban J connectivity index is 2.37. The van der Waals surface area contributed by atoms with E-state index in [9.17, 15) is 9.90 Å². The summed E-state index contributed by atoms with van der Waals surface area (Å²) >= 11 is 0. The Morgan fingerprint density at radius 3 is 2.42 bits per heavy atom. The van der Waals surface area contributed by atoms with Crippen molar-refractivity contribution in [2.24, 2.45) is 5.41 Å². The Labute approximate surface area is 116 Å². The van der Waals surface area contributed by atoms with E-state index >= 15 is 0 Å². The van der Waals surface area contributed by atoms with Crippen molar-refractivity contribution in [1.82, 2.24) is 5.32 Å². The van der Waals surface area contributed by atoms with E-state index in [0.717, 1.165) is 18.4 Å². The van der Waals surface area contributed by atoms with Crippen molar-refractivity contribution in [3.63, 3.8) is 0 Å². The third-order valence-electron chi connectivity index (χ3n) is 2.93. The van der Waals surface area contributed by atoms with Crippen molar-refractivity contribution >= 4 is 5.91 Å². The van der Waals surface area contributed by atoms with Crippen LogP contribution >= 0.6 is 0 Å². The number of aliphatic hydroxyl groups excluding tert-OH is 1. The van der Waals surface area contributed by atoms with Gasteiger partial charge in [0, 0.05) is 6.42 Å². The minimum atomic E-state index is -0.150. The molecule has 0 saturated heterocycles. The normalized spacial score (nSPS) is 13.1. The minimum Gasteiger partial charge on any atom is -0.394 e. The van der Waals surface area contributed by atoms with E-state index in [4.69, 9.17) is 0 Å². The van der Waals surface area contributed by atoms with Gasteiger partial charge in [0.05, 0.1) is 12.6 Å². The molecule has 19 heavy (non-hydrogen) atoms. The summed E-state index contributed by atoms with van der Waals surface area (Å²) in [5.41, 5.74) is 1.26. The first-order chi connectivity index (χ1) is 8.90. The van der Waals surface area contributed by atoms with Gasteiger partial charge >= 0.3 is 0 Å². The molecule has 0 heterocycles.